The Bertz CT molecular complexity index is 963. The van der Waals surface area contributed by atoms with Crippen molar-refractivity contribution in [3.63, 3.8) is 0 Å². The molecule has 5 nitrogen and oxygen atoms in total. The Labute approximate surface area is 144 Å². The van der Waals surface area contributed by atoms with Crippen molar-refractivity contribution in [2.45, 2.75) is 19.5 Å². The van der Waals surface area contributed by atoms with E-state index in [1.165, 1.54) is 12.1 Å². The molecule has 128 valence electrons. The number of halogens is 1. The maximum atomic E-state index is 13.8. The zero-order chi connectivity index (χ0) is 17.4. The molecule has 0 unspecified atom stereocenters. The average molecular weight is 338 g/mol. The first kappa shape index (κ1) is 15.8. The Morgan fingerprint density at radius 2 is 2.24 bits per heavy atom. The van der Waals surface area contributed by atoms with Gasteiger partial charge in [-0.15, -0.1) is 0 Å². The fourth-order valence-electron chi connectivity index (χ4n) is 3.36. The van der Waals surface area contributed by atoms with E-state index in [-0.39, 0.29) is 11.7 Å². The number of aryl methyl sites for hydroxylation is 1. The van der Waals surface area contributed by atoms with E-state index < -0.39 is 0 Å². The lowest BCUT2D eigenvalue weighted by Gasteiger charge is -2.20. The largest absolute Gasteiger partial charge is 0.348 e. The van der Waals surface area contributed by atoms with Gasteiger partial charge in [-0.25, -0.2) is 4.39 Å². The smallest absolute Gasteiger partial charge is 0.251 e. The predicted molar refractivity (Wildman–Crippen MR) is 93.7 cm³/mol. The van der Waals surface area contributed by atoms with Crippen LogP contribution in [0.2, 0.25) is 0 Å². The van der Waals surface area contributed by atoms with Crippen LogP contribution in [0.5, 0.6) is 0 Å². The van der Waals surface area contributed by atoms with Crippen LogP contribution in [-0.2, 0) is 26.6 Å². The Morgan fingerprint density at radius 3 is 3.12 bits per heavy atom. The maximum Gasteiger partial charge on any atom is 0.251 e. The highest BCUT2D eigenvalue weighted by atomic mass is 19.1. The van der Waals surface area contributed by atoms with Gasteiger partial charge in [0.15, 0.2) is 0 Å². The molecular formula is C19H19FN4O. The van der Waals surface area contributed by atoms with Crippen molar-refractivity contribution in [2.24, 2.45) is 7.05 Å². The van der Waals surface area contributed by atoms with Crippen LogP contribution in [0, 0.1) is 5.82 Å². The number of carbonyl (C=O) groups is 1. The lowest BCUT2D eigenvalue weighted by atomic mass is 9.94. The van der Waals surface area contributed by atoms with Crippen LogP contribution in [0.3, 0.4) is 0 Å². The van der Waals surface area contributed by atoms with Crippen LogP contribution in [0.1, 0.15) is 27.0 Å². The zero-order valence-corrected chi connectivity index (χ0v) is 14.0. The van der Waals surface area contributed by atoms with E-state index in [0.29, 0.717) is 18.7 Å². The van der Waals surface area contributed by atoms with Gasteiger partial charge >= 0.3 is 0 Å². The van der Waals surface area contributed by atoms with Crippen LogP contribution < -0.4 is 10.6 Å². The van der Waals surface area contributed by atoms with E-state index in [0.717, 1.165) is 40.6 Å². The topological polar surface area (TPSA) is 59.0 Å². The average Bonchev–Trinajstić information content (AvgIpc) is 2.99. The maximum absolute atomic E-state index is 13.8. The second-order valence-corrected chi connectivity index (χ2v) is 6.36. The molecule has 2 N–H and O–H groups in total. The minimum Gasteiger partial charge on any atom is -0.348 e. The van der Waals surface area contributed by atoms with Crippen LogP contribution in [0.15, 0.2) is 36.5 Å². The number of rotatable bonds is 3. The van der Waals surface area contributed by atoms with Gasteiger partial charge in [0.1, 0.15) is 5.82 Å². The lowest BCUT2D eigenvalue weighted by molar-refractivity contribution is 0.0949. The van der Waals surface area contributed by atoms with Gasteiger partial charge in [0.25, 0.3) is 5.91 Å². The number of hydrogen-bond acceptors (Lipinski definition) is 3. The van der Waals surface area contributed by atoms with Crippen LogP contribution in [-0.4, -0.2) is 22.2 Å². The van der Waals surface area contributed by atoms with Gasteiger partial charge < -0.3 is 10.6 Å². The summed E-state index contributed by atoms with van der Waals surface area (Å²) in [5.41, 5.74) is 4.25. The Balaban J connectivity index is 1.55. The van der Waals surface area contributed by atoms with Crippen molar-refractivity contribution in [3.8, 4) is 0 Å². The summed E-state index contributed by atoms with van der Waals surface area (Å²) in [5, 5.41) is 11.4. The molecule has 4 rings (SSSR count). The Hall–Kier alpha value is -2.73. The molecule has 0 aliphatic carbocycles. The van der Waals surface area contributed by atoms with Crippen LogP contribution in [0.4, 0.5) is 4.39 Å². The second-order valence-electron chi connectivity index (χ2n) is 6.36. The van der Waals surface area contributed by atoms with Gasteiger partial charge in [0, 0.05) is 31.1 Å². The Morgan fingerprint density at radius 1 is 1.36 bits per heavy atom. The van der Waals surface area contributed by atoms with Crippen molar-refractivity contribution in [2.75, 3.05) is 6.54 Å². The highest BCUT2D eigenvalue weighted by Gasteiger charge is 2.19. The molecule has 0 fully saturated rings. The molecule has 2 aromatic carbocycles. The third kappa shape index (κ3) is 3.00. The van der Waals surface area contributed by atoms with E-state index >= 15 is 0 Å². The van der Waals surface area contributed by atoms with Crippen molar-refractivity contribution < 1.29 is 9.18 Å². The SMILES string of the molecule is Cn1ncc2ccc(CNC(=O)c3cc(F)cc4c3CCNC4)cc21. The molecule has 1 aromatic heterocycles. The van der Waals surface area contributed by atoms with Gasteiger partial charge in [-0.05, 0) is 47.9 Å². The number of nitrogens with zero attached hydrogens (tertiary/aromatic N) is 2. The molecule has 0 saturated carbocycles. The summed E-state index contributed by atoms with van der Waals surface area (Å²) >= 11 is 0. The van der Waals surface area contributed by atoms with Crippen LogP contribution in [0.25, 0.3) is 10.9 Å². The number of fused-ring (bicyclic) bond motifs is 2. The summed E-state index contributed by atoms with van der Waals surface area (Å²) in [6.45, 7) is 1.80. The molecule has 0 bridgehead atoms. The fourth-order valence-corrected chi connectivity index (χ4v) is 3.36. The first-order valence-corrected chi connectivity index (χ1v) is 8.32. The summed E-state index contributed by atoms with van der Waals surface area (Å²) in [5.74, 6) is -0.605. The van der Waals surface area contributed by atoms with Gasteiger partial charge in [0.05, 0.1) is 11.7 Å². The zero-order valence-electron chi connectivity index (χ0n) is 14.0. The summed E-state index contributed by atoms with van der Waals surface area (Å²) in [7, 11) is 1.89. The van der Waals surface area contributed by atoms with Crippen molar-refractivity contribution in [3.05, 3.63) is 64.6 Å². The molecule has 1 amide bonds. The van der Waals surface area contributed by atoms with Crippen molar-refractivity contribution in [1.82, 2.24) is 20.4 Å². The molecule has 2 heterocycles. The van der Waals surface area contributed by atoms with E-state index in [2.05, 4.69) is 15.7 Å². The third-order valence-corrected chi connectivity index (χ3v) is 4.69. The normalized spacial score (nSPS) is 13.7. The number of amides is 1. The molecule has 1 aliphatic heterocycles. The number of carbonyl (C=O) groups excluding carboxylic acids is 1. The van der Waals surface area contributed by atoms with Crippen molar-refractivity contribution in [1.29, 1.82) is 0 Å². The molecule has 6 heteroatoms. The van der Waals surface area contributed by atoms with E-state index in [1.807, 2.05) is 31.4 Å². The molecule has 1 aliphatic rings. The van der Waals surface area contributed by atoms with Crippen LogP contribution >= 0.6 is 0 Å². The highest BCUT2D eigenvalue weighted by molar-refractivity contribution is 5.96. The molecule has 0 radical (unpaired) electrons. The van der Waals surface area contributed by atoms with E-state index in [1.54, 1.807) is 4.68 Å². The molecule has 0 spiro atoms. The first-order chi connectivity index (χ1) is 12.1. The minimum absolute atomic E-state index is 0.234. The number of hydrogen-bond donors (Lipinski definition) is 2. The number of benzene rings is 2. The second kappa shape index (κ2) is 6.29. The molecule has 0 atom stereocenters. The van der Waals surface area contributed by atoms with Crippen molar-refractivity contribution >= 4 is 16.8 Å². The fraction of sp³-hybridized carbons (Fsp3) is 0.263. The molecule has 0 saturated heterocycles. The molecule has 25 heavy (non-hydrogen) atoms. The minimum atomic E-state index is -0.371. The van der Waals surface area contributed by atoms with Gasteiger partial charge in [-0.3, -0.25) is 9.48 Å². The van der Waals surface area contributed by atoms with Gasteiger partial charge in [0.2, 0.25) is 0 Å². The molecule has 3 aromatic rings. The summed E-state index contributed by atoms with van der Waals surface area (Å²) < 4.78 is 15.6. The quantitative estimate of drug-likeness (QED) is 0.770. The molecular weight excluding hydrogens is 319 g/mol. The lowest BCUT2D eigenvalue weighted by Crippen LogP contribution is -2.29. The first-order valence-electron chi connectivity index (χ1n) is 8.32. The Kier molecular flexibility index (Phi) is 3.97. The third-order valence-electron chi connectivity index (χ3n) is 4.69. The predicted octanol–water partition coefficient (Wildman–Crippen LogP) is 2.29. The standard InChI is InChI=1S/C19H19FN4O/c1-24-18-6-12(2-3-13(18)11-23-24)9-22-19(25)17-8-15(20)7-14-10-21-5-4-16(14)17/h2-3,6-8,11,21H,4-5,9-10H2,1H3,(H,22,25). The summed E-state index contributed by atoms with van der Waals surface area (Å²) in [6, 6.07) is 8.81. The number of nitrogens with one attached hydrogen (secondary N) is 2. The summed E-state index contributed by atoms with van der Waals surface area (Å²) in [4.78, 5) is 12.6. The van der Waals surface area contributed by atoms with E-state index in [9.17, 15) is 9.18 Å². The monoisotopic (exact) mass is 338 g/mol. The van der Waals surface area contributed by atoms with E-state index in [4.69, 9.17) is 0 Å². The highest BCUT2D eigenvalue weighted by Crippen LogP contribution is 2.21. The van der Waals surface area contributed by atoms with Gasteiger partial charge in [-0.1, -0.05) is 12.1 Å². The summed E-state index contributed by atoms with van der Waals surface area (Å²) in [6.07, 6.45) is 2.55. The van der Waals surface area contributed by atoms with Gasteiger partial charge in [-0.2, -0.15) is 5.10 Å². The number of aromatic nitrogens is 2.